The van der Waals surface area contributed by atoms with Crippen LogP contribution in [0.2, 0.25) is 0 Å². The fourth-order valence-corrected chi connectivity index (χ4v) is 4.66. The monoisotopic (exact) mass is 352 g/mol. The largest absolute Gasteiger partial charge is 0.496 e. The van der Waals surface area contributed by atoms with Crippen molar-refractivity contribution in [2.24, 2.45) is 11.7 Å². The van der Waals surface area contributed by atoms with Gasteiger partial charge in [-0.1, -0.05) is 22.4 Å². The molecule has 1 aliphatic carbocycles. The summed E-state index contributed by atoms with van der Waals surface area (Å²) in [4.78, 5) is 2.66. The molecular formula is C17H25BrN2O. The van der Waals surface area contributed by atoms with Gasteiger partial charge < -0.3 is 10.5 Å². The lowest BCUT2D eigenvalue weighted by Crippen LogP contribution is -2.46. The quantitative estimate of drug-likeness (QED) is 0.897. The Morgan fingerprint density at radius 1 is 1.33 bits per heavy atom. The lowest BCUT2D eigenvalue weighted by atomic mass is 9.89. The molecule has 0 bridgehead atoms. The van der Waals surface area contributed by atoms with Crippen LogP contribution < -0.4 is 10.5 Å². The molecule has 1 saturated heterocycles. The molecule has 3 atom stereocenters. The van der Waals surface area contributed by atoms with Gasteiger partial charge in [-0.3, -0.25) is 4.90 Å². The van der Waals surface area contributed by atoms with E-state index in [1.807, 2.05) is 12.1 Å². The SMILES string of the molecule is COc1ccc(Br)cc1C(CN)N1CCCC2CCCC21. The van der Waals surface area contributed by atoms with Crippen molar-refractivity contribution >= 4 is 15.9 Å². The average molecular weight is 353 g/mol. The smallest absolute Gasteiger partial charge is 0.123 e. The molecule has 1 saturated carbocycles. The number of nitrogens with two attached hydrogens (primary N) is 1. The van der Waals surface area contributed by atoms with E-state index in [9.17, 15) is 0 Å². The fourth-order valence-electron chi connectivity index (χ4n) is 4.29. The van der Waals surface area contributed by atoms with Gasteiger partial charge in [-0.2, -0.15) is 0 Å². The number of halogens is 1. The predicted molar refractivity (Wildman–Crippen MR) is 89.6 cm³/mol. The van der Waals surface area contributed by atoms with Gasteiger partial charge in [0, 0.05) is 22.6 Å². The minimum absolute atomic E-state index is 0.267. The molecule has 2 aliphatic rings. The maximum Gasteiger partial charge on any atom is 0.123 e. The van der Waals surface area contributed by atoms with Crippen LogP contribution >= 0.6 is 15.9 Å². The molecule has 21 heavy (non-hydrogen) atoms. The van der Waals surface area contributed by atoms with Crippen LogP contribution in [0.25, 0.3) is 0 Å². The lowest BCUT2D eigenvalue weighted by Gasteiger charge is -2.43. The first kappa shape index (κ1) is 15.3. The van der Waals surface area contributed by atoms with Gasteiger partial charge in [0.25, 0.3) is 0 Å². The molecular weight excluding hydrogens is 328 g/mol. The van der Waals surface area contributed by atoms with E-state index in [1.165, 1.54) is 44.2 Å². The highest BCUT2D eigenvalue weighted by molar-refractivity contribution is 9.10. The molecule has 3 nitrogen and oxygen atoms in total. The predicted octanol–water partition coefficient (Wildman–Crippen LogP) is 3.72. The Bertz CT molecular complexity index is 494. The number of hydrogen-bond donors (Lipinski definition) is 1. The van der Waals surface area contributed by atoms with E-state index < -0.39 is 0 Å². The van der Waals surface area contributed by atoms with Crippen molar-refractivity contribution in [1.29, 1.82) is 0 Å². The van der Waals surface area contributed by atoms with Gasteiger partial charge in [-0.15, -0.1) is 0 Å². The van der Waals surface area contributed by atoms with Gasteiger partial charge in [0.1, 0.15) is 5.75 Å². The van der Waals surface area contributed by atoms with Gasteiger partial charge >= 0.3 is 0 Å². The van der Waals surface area contributed by atoms with E-state index in [0.29, 0.717) is 6.54 Å². The number of hydrogen-bond acceptors (Lipinski definition) is 3. The van der Waals surface area contributed by atoms with Crippen molar-refractivity contribution in [3.05, 3.63) is 28.2 Å². The second-order valence-electron chi connectivity index (χ2n) is 6.28. The maximum absolute atomic E-state index is 6.18. The summed E-state index contributed by atoms with van der Waals surface area (Å²) < 4.78 is 6.68. The zero-order valence-electron chi connectivity index (χ0n) is 12.7. The first-order chi connectivity index (χ1) is 10.2. The zero-order chi connectivity index (χ0) is 14.8. The number of benzene rings is 1. The van der Waals surface area contributed by atoms with Crippen molar-refractivity contribution in [2.45, 2.75) is 44.2 Å². The second kappa shape index (κ2) is 6.67. The highest BCUT2D eigenvalue weighted by Crippen LogP contribution is 2.42. The van der Waals surface area contributed by atoms with Crippen LogP contribution in [0.4, 0.5) is 0 Å². The van der Waals surface area contributed by atoms with Crippen LogP contribution in [-0.4, -0.2) is 31.1 Å². The molecule has 1 aromatic rings. The molecule has 1 heterocycles. The normalized spacial score (nSPS) is 27.4. The lowest BCUT2D eigenvalue weighted by molar-refractivity contribution is 0.0690. The van der Waals surface area contributed by atoms with E-state index in [-0.39, 0.29) is 6.04 Å². The zero-order valence-corrected chi connectivity index (χ0v) is 14.3. The van der Waals surface area contributed by atoms with Crippen molar-refractivity contribution in [3.8, 4) is 5.75 Å². The Morgan fingerprint density at radius 2 is 2.14 bits per heavy atom. The minimum Gasteiger partial charge on any atom is -0.496 e. The first-order valence-electron chi connectivity index (χ1n) is 8.04. The average Bonchev–Trinajstić information content (AvgIpc) is 2.97. The van der Waals surface area contributed by atoms with Crippen LogP contribution in [0.15, 0.2) is 22.7 Å². The molecule has 1 aliphatic heterocycles. The number of fused-ring (bicyclic) bond motifs is 1. The van der Waals surface area contributed by atoms with Crippen LogP contribution in [0.1, 0.15) is 43.7 Å². The molecule has 0 amide bonds. The van der Waals surface area contributed by atoms with Crippen LogP contribution in [0, 0.1) is 5.92 Å². The minimum atomic E-state index is 0.267. The highest BCUT2D eigenvalue weighted by Gasteiger charge is 2.38. The topological polar surface area (TPSA) is 38.5 Å². The number of likely N-dealkylation sites (tertiary alicyclic amines) is 1. The van der Waals surface area contributed by atoms with Gasteiger partial charge in [0.15, 0.2) is 0 Å². The Balaban J connectivity index is 1.92. The van der Waals surface area contributed by atoms with E-state index in [4.69, 9.17) is 10.5 Å². The van der Waals surface area contributed by atoms with Gasteiger partial charge in [-0.05, 0) is 56.3 Å². The third kappa shape index (κ3) is 2.99. The van der Waals surface area contributed by atoms with Crippen molar-refractivity contribution in [2.75, 3.05) is 20.2 Å². The Labute approximate surface area is 136 Å². The molecule has 116 valence electrons. The van der Waals surface area contributed by atoms with E-state index >= 15 is 0 Å². The standard InChI is InChI=1S/C17H25BrN2O/c1-21-17-8-7-13(18)10-14(17)16(11-19)20-9-3-5-12-4-2-6-15(12)20/h7-8,10,12,15-16H,2-6,9,11,19H2,1H3. The molecule has 3 unspecified atom stereocenters. The summed E-state index contributed by atoms with van der Waals surface area (Å²) in [6, 6.07) is 7.23. The van der Waals surface area contributed by atoms with Crippen molar-refractivity contribution in [3.63, 3.8) is 0 Å². The number of rotatable bonds is 4. The molecule has 0 aromatic heterocycles. The molecule has 0 radical (unpaired) electrons. The van der Waals surface area contributed by atoms with Gasteiger partial charge in [-0.25, -0.2) is 0 Å². The molecule has 1 aromatic carbocycles. The summed E-state index contributed by atoms with van der Waals surface area (Å²) in [5.74, 6) is 1.83. The summed E-state index contributed by atoms with van der Waals surface area (Å²) in [5, 5.41) is 0. The first-order valence-corrected chi connectivity index (χ1v) is 8.83. The molecule has 2 N–H and O–H groups in total. The van der Waals surface area contributed by atoms with Crippen molar-refractivity contribution < 1.29 is 4.74 Å². The highest BCUT2D eigenvalue weighted by atomic mass is 79.9. The van der Waals surface area contributed by atoms with Crippen LogP contribution in [0.3, 0.4) is 0 Å². The van der Waals surface area contributed by atoms with E-state index in [2.05, 4.69) is 26.9 Å². The Kier molecular flexibility index (Phi) is 4.87. The van der Waals surface area contributed by atoms with E-state index in [0.717, 1.165) is 22.2 Å². The molecule has 4 heteroatoms. The number of ether oxygens (including phenoxy) is 1. The molecule has 0 spiro atoms. The Hall–Kier alpha value is -0.580. The fraction of sp³-hybridized carbons (Fsp3) is 0.647. The summed E-state index contributed by atoms with van der Waals surface area (Å²) in [5.41, 5.74) is 7.40. The summed E-state index contributed by atoms with van der Waals surface area (Å²) in [6.07, 6.45) is 6.80. The van der Waals surface area contributed by atoms with Gasteiger partial charge in [0.05, 0.1) is 13.2 Å². The second-order valence-corrected chi connectivity index (χ2v) is 7.19. The number of nitrogens with zero attached hydrogens (tertiary/aromatic N) is 1. The number of methoxy groups -OCH3 is 1. The Morgan fingerprint density at radius 3 is 2.90 bits per heavy atom. The third-order valence-electron chi connectivity index (χ3n) is 5.21. The van der Waals surface area contributed by atoms with Crippen molar-refractivity contribution in [1.82, 2.24) is 4.90 Å². The summed E-state index contributed by atoms with van der Waals surface area (Å²) >= 11 is 3.59. The molecule has 3 rings (SSSR count). The number of piperidine rings is 1. The van der Waals surface area contributed by atoms with Crippen LogP contribution in [-0.2, 0) is 0 Å². The van der Waals surface area contributed by atoms with Crippen LogP contribution in [0.5, 0.6) is 5.75 Å². The summed E-state index contributed by atoms with van der Waals surface area (Å²) in [6.45, 7) is 1.81. The van der Waals surface area contributed by atoms with Gasteiger partial charge in [0.2, 0.25) is 0 Å². The maximum atomic E-state index is 6.18. The third-order valence-corrected chi connectivity index (χ3v) is 5.70. The molecule has 2 fully saturated rings. The summed E-state index contributed by atoms with van der Waals surface area (Å²) in [7, 11) is 1.74. The van der Waals surface area contributed by atoms with E-state index in [1.54, 1.807) is 7.11 Å².